The molecule has 3 atom stereocenters. The Kier molecular flexibility index (Phi) is 6.61. The number of hydrogen-bond acceptors (Lipinski definition) is 5. The largest absolute Gasteiger partial charge is 0.381 e. The molecule has 2 N–H and O–H groups in total. The molecular weight excluding hydrogens is 320 g/mol. The maximum Gasteiger partial charge on any atom is 0.315 e. The van der Waals surface area contributed by atoms with Gasteiger partial charge in [0, 0.05) is 44.4 Å². The monoisotopic (exact) mass is 348 g/mol. The summed E-state index contributed by atoms with van der Waals surface area (Å²) < 4.78 is 11.0. The van der Waals surface area contributed by atoms with E-state index in [1.165, 1.54) is 0 Å². The third-order valence-electron chi connectivity index (χ3n) is 4.97. The molecule has 1 aromatic rings. The molecule has 25 heavy (non-hydrogen) atoms. The van der Waals surface area contributed by atoms with E-state index in [0.29, 0.717) is 18.5 Å². The molecule has 7 nitrogen and oxygen atoms in total. The van der Waals surface area contributed by atoms with E-state index in [0.717, 1.165) is 51.6 Å². The second-order valence-corrected chi connectivity index (χ2v) is 6.67. The lowest BCUT2D eigenvalue weighted by Crippen LogP contribution is -2.53. The van der Waals surface area contributed by atoms with Gasteiger partial charge in [-0.05, 0) is 25.5 Å². The second kappa shape index (κ2) is 9.12. The number of nitrogens with zero attached hydrogens (tertiary/aromatic N) is 2. The average Bonchev–Trinajstić information content (AvgIpc) is 3.18. The van der Waals surface area contributed by atoms with Gasteiger partial charge in [0.1, 0.15) is 0 Å². The summed E-state index contributed by atoms with van der Waals surface area (Å²) in [6.07, 6.45) is 2.79. The van der Waals surface area contributed by atoms with E-state index in [2.05, 4.69) is 20.5 Å². The van der Waals surface area contributed by atoms with Gasteiger partial charge in [-0.15, -0.1) is 0 Å². The van der Waals surface area contributed by atoms with E-state index < -0.39 is 0 Å². The number of carbonyl (C=O) groups excluding carboxylic acids is 1. The number of carbonyl (C=O) groups is 1. The molecule has 0 aliphatic carbocycles. The van der Waals surface area contributed by atoms with Gasteiger partial charge in [-0.2, -0.15) is 0 Å². The number of morpholine rings is 1. The van der Waals surface area contributed by atoms with E-state index in [1.54, 1.807) is 6.20 Å². The number of ether oxygens (including phenoxy) is 2. The number of urea groups is 1. The Labute approximate surface area is 149 Å². The molecule has 2 fully saturated rings. The fourth-order valence-electron chi connectivity index (χ4n) is 3.51. The summed E-state index contributed by atoms with van der Waals surface area (Å²) in [5.41, 5.74) is 0.853. The lowest BCUT2D eigenvalue weighted by molar-refractivity contribution is 0.00211. The highest BCUT2D eigenvalue weighted by Crippen LogP contribution is 2.21. The van der Waals surface area contributed by atoms with Gasteiger partial charge in [0.15, 0.2) is 0 Å². The smallest absolute Gasteiger partial charge is 0.315 e. The predicted molar refractivity (Wildman–Crippen MR) is 94.3 cm³/mol. The minimum absolute atomic E-state index is 0.127. The van der Waals surface area contributed by atoms with Gasteiger partial charge in [0.05, 0.1) is 31.6 Å². The van der Waals surface area contributed by atoms with E-state index >= 15 is 0 Å². The van der Waals surface area contributed by atoms with Crippen LogP contribution in [0.5, 0.6) is 0 Å². The SMILES string of the molecule is C[C@H](NC(=O)NC[C@H]([C@@H]1CCOC1)N1CCOCC1)c1ccccn1. The van der Waals surface area contributed by atoms with E-state index in [-0.39, 0.29) is 12.1 Å². The molecule has 0 radical (unpaired) electrons. The maximum absolute atomic E-state index is 12.3. The Morgan fingerprint density at radius 1 is 1.32 bits per heavy atom. The maximum atomic E-state index is 12.3. The number of hydrogen-bond donors (Lipinski definition) is 2. The van der Waals surface area contributed by atoms with Crippen molar-refractivity contribution in [3.63, 3.8) is 0 Å². The minimum Gasteiger partial charge on any atom is -0.381 e. The Morgan fingerprint density at radius 3 is 2.84 bits per heavy atom. The first-order chi connectivity index (χ1) is 12.2. The summed E-state index contributed by atoms with van der Waals surface area (Å²) in [7, 11) is 0. The summed E-state index contributed by atoms with van der Waals surface area (Å²) in [6.45, 7) is 7.48. The lowest BCUT2D eigenvalue weighted by atomic mass is 9.97. The molecule has 0 unspecified atom stereocenters. The summed E-state index contributed by atoms with van der Waals surface area (Å²) in [4.78, 5) is 19.0. The zero-order valence-electron chi connectivity index (χ0n) is 14.8. The van der Waals surface area contributed by atoms with Gasteiger partial charge in [-0.1, -0.05) is 6.07 Å². The van der Waals surface area contributed by atoms with Crippen molar-refractivity contribution in [2.45, 2.75) is 25.4 Å². The molecule has 3 rings (SSSR count). The highest BCUT2D eigenvalue weighted by atomic mass is 16.5. The van der Waals surface area contributed by atoms with Crippen molar-refractivity contribution < 1.29 is 14.3 Å². The van der Waals surface area contributed by atoms with Gasteiger partial charge in [0.25, 0.3) is 0 Å². The van der Waals surface area contributed by atoms with E-state index in [1.807, 2.05) is 25.1 Å². The van der Waals surface area contributed by atoms with Crippen LogP contribution in [0, 0.1) is 5.92 Å². The Morgan fingerprint density at radius 2 is 2.16 bits per heavy atom. The van der Waals surface area contributed by atoms with Crippen molar-refractivity contribution in [1.29, 1.82) is 0 Å². The lowest BCUT2D eigenvalue weighted by Gasteiger charge is -2.37. The highest BCUT2D eigenvalue weighted by molar-refractivity contribution is 5.74. The van der Waals surface area contributed by atoms with Gasteiger partial charge >= 0.3 is 6.03 Å². The molecule has 2 amide bonds. The van der Waals surface area contributed by atoms with Crippen LogP contribution in [0.4, 0.5) is 4.79 Å². The van der Waals surface area contributed by atoms with Crippen LogP contribution in [0.3, 0.4) is 0 Å². The number of amides is 2. The van der Waals surface area contributed by atoms with Gasteiger partial charge in [0.2, 0.25) is 0 Å². The standard InChI is InChI=1S/C18H28N4O3/c1-14(16-4-2-3-6-19-16)21-18(23)20-12-17(15-5-9-25-13-15)22-7-10-24-11-8-22/h2-4,6,14-15,17H,5,7-13H2,1H3,(H2,20,21,23)/t14-,15+,17+/m0/s1. The van der Waals surface area contributed by atoms with Gasteiger partial charge in [-0.3, -0.25) is 9.88 Å². The van der Waals surface area contributed by atoms with E-state index in [9.17, 15) is 4.79 Å². The Balaban J connectivity index is 1.52. The normalized spacial score (nSPS) is 23.8. The third-order valence-corrected chi connectivity index (χ3v) is 4.97. The van der Waals surface area contributed by atoms with Crippen LogP contribution in [0.25, 0.3) is 0 Å². The zero-order chi connectivity index (χ0) is 17.5. The molecule has 0 bridgehead atoms. The zero-order valence-corrected chi connectivity index (χ0v) is 14.8. The van der Waals surface area contributed by atoms with Crippen LogP contribution in [-0.2, 0) is 9.47 Å². The van der Waals surface area contributed by atoms with Crippen molar-refractivity contribution in [3.05, 3.63) is 30.1 Å². The molecule has 3 heterocycles. The van der Waals surface area contributed by atoms with Crippen LogP contribution < -0.4 is 10.6 Å². The molecule has 0 spiro atoms. The summed E-state index contributed by atoms with van der Waals surface area (Å²) in [5, 5.41) is 6.00. The van der Waals surface area contributed by atoms with Crippen molar-refractivity contribution in [3.8, 4) is 0 Å². The number of rotatable bonds is 6. The number of nitrogens with one attached hydrogen (secondary N) is 2. The van der Waals surface area contributed by atoms with Crippen molar-refractivity contribution in [2.75, 3.05) is 46.1 Å². The molecule has 2 aliphatic rings. The quantitative estimate of drug-likeness (QED) is 0.807. The van der Waals surface area contributed by atoms with Crippen molar-refractivity contribution in [1.82, 2.24) is 20.5 Å². The second-order valence-electron chi connectivity index (χ2n) is 6.67. The first-order valence-electron chi connectivity index (χ1n) is 9.09. The summed E-state index contributed by atoms with van der Waals surface area (Å²) in [6, 6.07) is 5.72. The Bertz CT molecular complexity index is 530. The molecule has 2 saturated heterocycles. The number of pyridine rings is 1. The fourth-order valence-corrected chi connectivity index (χ4v) is 3.51. The third kappa shape index (κ3) is 5.14. The first-order valence-corrected chi connectivity index (χ1v) is 9.09. The molecule has 7 heteroatoms. The molecule has 1 aromatic heterocycles. The van der Waals surface area contributed by atoms with Crippen molar-refractivity contribution >= 4 is 6.03 Å². The first kappa shape index (κ1) is 18.1. The molecule has 2 aliphatic heterocycles. The van der Waals surface area contributed by atoms with Crippen LogP contribution in [0.1, 0.15) is 25.1 Å². The molecule has 138 valence electrons. The van der Waals surface area contributed by atoms with Crippen molar-refractivity contribution in [2.24, 2.45) is 5.92 Å². The summed E-state index contributed by atoms with van der Waals surface area (Å²) >= 11 is 0. The minimum atomic E-state index is -0.157. The van der Waals surface area contributed by atoms with Gasteiger partial charge < -0.3 is 20.1 Å². The Hall–Kier alpha value is -1.70. The summed E-state index contributed by atoms with van der Waals surface area (Å²) in [5.74, 6) is 0.464. The van der Waals surface area contributed by atoms with Crippen LogP contribution in [-0.4, -0.2) is 68.0 Å². The predicted octanol–water partition coefficient (Wildman–Crippen LogP) is 1.18. The van der Waals surface area contributed by atoms with Crippen LogP contribution in [0.15, 0.2) is 24.4 Å². The molecule has 0 saturated carbocycles. The molecule has 0 aromatic carbocycles. The average molecular weight is 348 g/mol. The van der Waals surface area contributed by atoms with Gasteiger partial charge in [-0.25, -0.2) is 4.79 Å². The molecular formula is C18H28N4O3. The van der Waals surface area contributed by atoms with E-state index in [4.69, 9.17) is 9.47 Å². The van der Waals surface area contributed by atoms with Crippen LogP contribution >= 0.6 is 0 Å². The fraction of sp³-hybridized carbons (Fsp3) is 0.667. The van der Waals surface area contributed by atoms with Crippen LogP contribution in [0.2, 0.25) is 0 Å². The topological polar surface area (TPSA) is 75.7 Å². The highest BCUT2D eigenvalue weighted by Gasteiger charge is 2.31. The number of aromatic nitrogens is 1.